The van der Waals surface area contributed by atoms with Gasteiger partial charge in [0.25, 0.3) is 17.4 Å². The Balaban J connectivity index is 1.85. The van der Waals surface area contributed by atoms with Crippen molar-refractivity contribution in [3.8, 4) is 5.75 Å². The Kier molecular flexibility index (Phi) is 4.15. The monoisotopic (exact) mass is 377 g/mol. The molecule has 2 amide bonds. The molecule has 0 saturated carbocycles. The van der Waals surface area contributed by atoms with Gasteiger partial charge < -0.3 is 20.3 Å². The van der Waals surface area contributed by atoms with E-state index < -0.39 is 11.5 Å². The topological polar surface area (TPSA) is 100 Å². The van der Waals surface area contributed by atoms with Gasteiger partial charge in [-0.3, -0.25) is 14.4 Å². The number of nitrogens with zero attached hydrogens (tertiary/aromatic N) is 1. The first-order chi connectivity index (χ1) is 13.4. The van der Waals surface area contributed by atoms with Crippen molar-refractivity contribution in [1.82, 2.24) is 9.88 Å². The van der Waals surface area contributed by atoms with Crippen molar-refractivity contribution >= 4 is 28.4 Å². The van der Waals surface area contributed by atoms with E-state index in [1.807, 2.05) is 13.0 Å². The van der Waals surface area contributed by atoms with E-state index in [-0.39, 0.29) is 34.5 Å². The number of para-hydroxylation sites is 2. The average Bonchev–Trinajstić information content (AvgIpc) is 3.03. The van der Waals surface area contributed by atoms with E-state index in [1.165, 1.54) is 7.05 Å². The molecule has 1 aromatic heterocycles. The summed E-state index contributed by atoms with van der Waals surface area (Å²) in [7, 11) is 1.49. The number of hydrogen-bond acceptors (Lipinski definition) is 4. The van der Waals surface area contributed by atoms with Crippen molar-refractivity contribution in [3.05, 3.63) is 69.5 Å². The van der Waals surface area contributed by atoms with Crippen LogP contribution in [0.25, 0.3) is 10.9 Å². The third-order valence-electron chi connectivity index (χ3n) is 5.12. The van der Waals surface area contributed by atoms with Crippen molar-refractivity contribution in [2.45, 2.75) is 19.4 Å². The molecule has 28 heavy (non-hydrogen) atoms. The highest BCUT2D eigenvalue weighted by Gasteiger charge is 2.29. The van der Waals surface area contributed by atoms with Crippen LogP contribution in [0.1, 0.15) is 39.2 Å². The molecule has 0 unspecified atom stereocenters. The molecule has 7 heteroatoms. The highest BCUT2D eigenvalue weighted by molar-refractivity contribution is 6.12. The van der Waals surface area contributed by atoms with Gasteiger partial charge in [0, 0.05) is 18.5 Å². The third kappa shape index (κ3) is 2.55. The molecule has 1 aliphatic heterocycles. The van der Waals surface area contributed by atoms with Gasteiger partial charge in [-0.2, -0.15) is 0 Å². The van der Waals surface area contributed by atoms with Crippen LogP contribution in [0.4, 0.5) is 5.69 Å². The summed E-state index contributed by atoms with van der Waals surface area (Å²) < 4.78 is 1.56. The number of aromatic nitrogens is 1. The van der Waals surface area contributed by atoms with E-state index in [2.05, 4.69) is 10.6 Å². The summed E-state index contributed by atoms with van der Waals surface area (Å²) >= 11 is 0. The predicted octanol–water partition coefficient (Wildman–Crippen LogP) is 2.44. The van der Waals surface area contributed by atoms with Crippen LogP contribution in [0.15, 0.2) is 47.3 Å². The van der Waals surface area contributed by atoms with Crippen LogP contribution in [0.5, 0.6) is 5.75 Å². The molecule has 0 aliphatic carbocycles. The minimum absolute atomic E-state index is 0.113. The molecular weight excluding hydrogens is 358 g/mol. The van der Waals surface area contributed by atoms with Gasteiger partial charge in [-0.15, -0.1) is 0 Å². The number of anilines is 1. The lowest BCUT2D eigenvalue weighted by Gasteiger charge is -2.15. The number of nitrogens with one attached hydrogen (secondary N) is 2. The van der Waals surface area contributed by atoms with Crippen molar-refractivity contribution < 1.29 is 14.7 Å². The summed E-state index contributed by atoms with van der Waals surface area (Å²) in [5, 5.41) is 16.3. The van der Waals surface area contributed by atoms with Gasteiger partial charge in [0.05, 0.1) is 16.8 Å². The second-order valence-electron chi connectivity index (χ2n) is 6.84. The van der Waals surface area contributed by atoms with Gasteiger partial charge >= 0.3 is 0 Å². The van der Waals surface area contributed by atoms with Gasteiger partial charge in [0.1, 0.15) is 11.3 Å². The fraction of sp³-hybridized carbons (Fsp3) is 0.190. The maximum atomic E-state index is 13.0. The molecular formula is C21H19N3O4. The average molecular weight is 377 g/mol. The summed E-state index contributed by atoms with van der Waals surface area (Å²) in [6.45, 7) is 1.90. The highest BCUT2D eigenvalue weighted by Crippen LogP contribution is 2.36. The van der Waals surface area contributed by atoms with E-state index in [0.717, 1.165) is 5.56 Å². The molecule has 7 nitrogen and oxygen atoms in total. The number of carbonyl (C=O) groups excluding carboxylic acids is 2. The van der Waals surface area contributed by atoms with Crippen molar-refractivity contribution in [2.24, 2.45) is 0 Å². The molecule has 2 aromatic carbocycles. The van der Waals surface area contributed by atoms with Crippen LogP contribution in [-0.2, 0) is 6.42 Å². The molecule has 0 fully saturated rings. The lowest BCUT2D eigenvalue weighted by Crippen LogP contribution is -2.30. The SMILES string of the molecule is CNC(=O)c1ccccc1NC(=O)c1c(O)c2cccc3c2n(c1=O)[C@@H](C)C3. The van der Waals surface area contributed by atoms with Crippen molar-refractivity contribution in [1.29, 1.82) is 0 Å². The fourth-order valence-corrected chi connectivity index (χ4v) is 3.83. The van der Waals surface area contributed by atoms with Gasteiger partial charge in [-0.05, 0) is 37.1 Å². The third-order valence-corrected chi connectivity index (χ3v) is 5.12. The van der Waals surface area contributed by atoms with Gasteiger partial charge in [0.2, 0.25) is 0 Å². The number of hydrogen-bond donors (Lipinski definition) is 3. The number of amides is 2. The van der Waals surface area contributed by atoms with Gasteiger partial charge in [-0.1, -0.05) is 24.3 Å². The Bertz CT molecular complexity index is 1200. The van der Waals surface area contributed by atoms with Crippen LogP contribution < -0.4 is 16.2 Å². The summed E-state index contributed by atoms with van der Waals surface area (Å²) in [5.41, 5.74) is 1.28. The van der Waals surface area contributed by atoms with Crippen LogP contribution >= 0.6 is 0 Å². The number of benzene rings is 2. The Morgan fingerprint density at radius 1 is 1.11 bits per heavy atom. The number of aromatic hydroxyl groups is 1. The zero-order valence-electron chi connectivity index (χ0n) is 15.4. The van der Waals surface area contributed by atoms with E-state index in [0.29, 0.717) is 17.3 Å². The van der Waals surface area contributed by atoms with E-state index in [4.69, 9.17) is 0 Å². The summed E-state index contributed by atoms with van der Waals surface area (Å²) in [6, 6.07) is 11.8. The first kappa shape index (κ1) is 17.8. The summed E-state index contributed by atoms with van der Waals surface area (Å²) in [5.74, 6) is -1.47. The van der Waals surface area contributed by atoms with Crippen LogP contribution in [-0.4, -0.2) is 28.5 Å². The molecule has 3 aromatic rings. The van der Waals surface area contributed by atoms with Crippen molar-refractivity contribution in [3.63, 3.8) is 0 Å². The minimum atomic E-state index is -0.756. The van der Waals surface area contributed by atoms with Gasteiger partial charge in [0.15, 0.2) is 0 Å². The Labute approximate surface area is 160 Å². The molecule has 1 aliphatic rings. The Morgan fingerprint density at radius 3 is 2.61 bits per heavy atom. The molecule has 2 heterocycles. The molecule has 142 valence electrons. The van der Waals surface area contributed by atoms with Crippen LogP contribution in [0.2, 0.25) is 0 Å². The first-order valence-corrected chi connectivity index (χ1v) is 8.95. The lowest BCUT2D eigenvalue weighted by molar-refractivity contribution is 0.0964. The molecule has 1 atom stereocenters. The highest BCUT2D eigenvalue weighted by atomic mass is 16.3. The van der Waals surface area contributed by atoms with Crippen molar-refractivity contribution in [2.75, 3.05) is 12.4 Å². The standard InChI is InChI=1S/C21H19N3O4/c1-11-10-12-6-5-8-14-17(12)24(11)21(28)16(18(14)25)20(27)23-15-9-4-3-7-13(15)19(26)22-2/h3-9,11,25H,10H2,1-2H3,(H,22,26)(H,23,27)/t11-/m0/s1. The molecule has 0 bridgehead atoms. The number of pyridine rings is 1. The van der Waals surface area contributed by atoms with E-state index >= 15 is 0 Å². The largest absolute Gasteiger partial charge is 0.506 e. The van der Waals surface area contributed by atoms with E-state index in [1.54, 1.807) is 41.0 Å². The van der Waals surface area contributed by atoms with Gasteiger partial charge in [-0.25, -0.2) is 0 Å². The smallest absolute Gasteiger partial charge is 0.268 e. The first-order valence-electron chi connectivity index (χ1n) is 8.95. The van der Waals surface area contributed by atoms with Crippen LogP contribution in [0, 0.1) is 0 Å². The zero-order valence-corrected chi connectivity index (χ0v) is 15.4. The molecule has 0 spiro atoms. The zero-order chi connectivity index (χ0) is 20.0. The normalized spacial score (nSPS) is 14.9. The summed E-state index contributed by atoms with van der Waals surface area (Å²) in [6.07, 6.45) is 0.663. The number of rotatable bonds is 3. The summed E-state index contributed by atoms with van der Waals surface area (Å²) in [4.78, 5) is 38.0. The second-order valence-corrected chi connectivity index (χ2v) is 6.84. The molecule has 4 rings (SSSR count). The Hall–Kier alpha value is -3.61. The molecule has 0 radical (unpaired) electrons. The number of carbonyl (C=O) groups is 2. The fourth-order valence-electron chi connectivity index (χ4n) is 3.83. The predicted molar refractivity (Wildman–Crippen MR) is 106 cm³/mol. The Morgan fingerprint density at radius 2 is 1.86 bits per heavy atom. The van der Waals surface area contributed by atoms with Crippen LogP contribution in [0.3, 0.4) is 0 Å². The minimum Gasteiger partial charge on any atom is -0.506 e. The maximum absolute atomic E-state index is 13.0. The lowest BCUT2D eigenvalue weighted by atomic mass is 10.1. The maximum Gasteiger partial charge on any atom is 0.268 e. The van der Waals surface area contributed by atoms with E-state index in [9.17, 15) is 19.5 Å². The quantitative estimate of drug-likeness (QED) is 0.653. The second kappa shape index (κ2) is 6.53. The molecule has 3 N–H and O–H groups in total. The molecule has 0 saturated heterocycles.